The number of aromatic nitrogens is 4. The van der Waals surface area contributed by atoms with E-state index >= 15 is 0 Å². The number of nitrogens with zero attached hydrogens (tertiary/aromatic N) is 4. The second-order valence-electron chi connectivity index (χ2n) is 10.0. The summed E-state index contributed by atoms with van der Waals surface area (Å²) in [6, 6.07) is 7.84. The minimum Gasteiger partial charge on any atom is -0.461 e. The van der Waals surface area contributed by atoms with Crippen LogP contribution >= 0.6 is 7.60 Å². The van der Waals surface area contributed by atoms with Crippen LogP contribution in [0.25, 0.3) is 11.0 Å². The highest BCUT2D eigenvalue weighted by Gasteiger charge is 2.47. The van der Waals surface area contributed by atoms with Crippen molar-refractivity contribution in [2.45, 2.75) is 56.5 Å². The van der Waals surface area contributed by atoms with E-state index in [0.717, 1.165) is 23.1 Å². The van der Waals surface area contributed by atoms with Gasteiger partial charge in [-0.1, -0.05) is 24.3 Å². The summed E-state index contributed by atoms with van der Waals surface area (Å²) in [7, 11) is -9.24. The van der Waals surface area contributed by atoms with Crippen LogP contribution in [0, 0.1) is 0 Å². The fourth-order valence-corrected chi connectivity index (χ4v) is 8.21. The first-order chi connectivity index (χ1) is 18.8. The minimum atomic E-state index is -4.89. The van der Waals surface area contributed by atoms with Gasteiger partial charge >= 0.3 is 13.6 Å². The van der Waals surface area contributed by atoms with Crippen molar-refractivity contribution in [1.82, 2.24) is 19.7 Å². The molecule has 15 nitrogen and oxygen atoms in total. The number of sulfone groups is 1. The molecular formula is C23H30N5O10PS. The number of fused-ring (bicyclic) bond motifs is 2. The normalized spacial score (nSPS) is 25.7. The van der Waals surface area contributed by atoms with Crippen LogP contribution in [-0.2, 0) is 25.6 Å². The van der Waals surface area contributed by atoms with Crippen molar-refractivity contribution in [3.63, 3.8) is 0 Å². The SMILES string of the molecule is C[C@@H](O)COc1nc(N[C@@H]2CCc3ccccc32)c2cnn([C@@H]3O[C@H](CS(=O)(=O)CP(=O)(O)O)[C@@H](O)[C@H]3O)c2n1. The van der Waals surface area contributed by atoms with Crippen LogP contribution in [0.5, 0.6) is 6.01 Å². The van der Waals surface area contributed by atoms with Gasteiger partial charge in [0.25, 0.3) is 0 Å². The first kappa shape index (κ1) is 28.8. The molecule has 0 unspecified atom stereocenters. The van der Waals surface area contributed by atoms with Crippen LogP contribution in [0.2, 0.25) is 0 Å². The minimum absolute atomic E-state index is 0.0685. The van der Waals surface area contributed by atoms with Crippen molar-refractivity contribution in [2.24, 2.45) is 0 Å². The zero-order valence-electron chi connectivity index (χ0n) is 21.3. The van der Waals surface area contributed by atoms with E-state index in [-0.39, 0.29) is 24.3 Å². The molecule has 1 aromatic carbocycles. The molecule has 6 atom stereocenters. The van der Waals surface area contributed by atoms with Crippen molar-refractivity contribution in [2.75, 3.05) is 23.2 Å². The number of benzene rings is 1. The van der Waals surface area contributed by atoms with Gasteiger partial charge in [0.1, 0.15) is 30.7 Å². The number of anilines is 1. The van der Waals surface area contributed by atoms with E-state index in [1.165, 1.54) is 18.7 Å². The van der Waals surface area contributed by atoms with Gasteiger partial charge in [-0.05, 0) is 30.9 Å². The third kappa shape index (κ3) is 6.14. The van der Waals surface area contributed by atoms with Crippen molar-refractivity contribution in [3.05, 3.63) is 41.6 Å². The molecule has 2 aromatic heterocycles. The van der Waals surface area contributed by atoms with Crippen LogP contribution in [0.1, 0.15) is 36.7 Å². The maximum atomic E-state index is 12.3. The molecule has 5 rings (SSSR count). The largest absolute Gasteiger partial charge is 0.461 e. The Labute approximate surface area is 228 Å². The monoisotopic (exact) mass is 599 g/mol. The van der Waals surface area contributed by atoms with Crippen LogP contribution in [0.3, 0.4) is 0 Å². The Balaban J connectivity index is 1.47. The fourth-order valence-electron chi connectivity index (χ4n) is 4.96. The molecule has 0 radical (unpaired) electrons. The number of rotatable bonds is 10. The third-order valence-electron chi connectivity index (χ3n) is 6.69. The van der Waals surface area contributed by atoms with E-state index in [2.05, 4.69) is 26.4 Å². The van der Waals surface area contributed by atoms with Crippen LogP contribution in [0.4, 0.5) is 5.82 Å². The third-order valence-corrected chi connectivity index (χ3v) is 10.4. The first-order valence-corrected chi connectivity index (χ1v) is 16.1. The molecule has 1 fully saturated rings. The summed E-state index contributed by atoms with van der Waals surface area (Å²) in [6.45, 7) is 1.42. The van der Waals surface area contributed by atoms with Crippen LogP contribution < -0.4 is 10.1 Å². The molecule has 218 valence electrons. The quantitative estimate of drug-likeness (QED) is 0.167. The molecule has 3 aromatic rings. The molecule has 2 aliphatic rings. The zero-order chi connectivity index (χ0) is 28.8. The topological polar surface area (TPSA) is 226 Å². The number of aliphatic hydroxyl groups excluding tert-OH is 3. The Kier molecular flexibility index (Phi) is 7.89. The number of hydrogen-bond acceptors (Lipinski definition) is 12. The summed E-state index contributed by atoms with van der Waals surface area (Å²) in [4.78, 5) is 27.0. The van der Waals surface area contributed by atoms with Gasteiger partial charge in [-0.3, -0.25) is 4.57 Å². The summed E-state index contributed by atoms with van der Waals surface area (Å²) in [5.74, 6) is -0.565. The van der Waals surface area contributed by atoms with E-state index in [1.54, 1.807) is 0 Å². The zero-order valence-corrected chi connectivity index (χ0v) is 23.0. The molecule has 40 heavy (non-hydrogen) atoms. The van der Waals surface area contributed by atoms with Gasteiger partial charge in [-0.15, -0.1) is 0 Å². The number of nitrogens with one attached hydrogen (secondary N) is 1. The van der Waals surface area contributed by atoms with E-state index in [9.17, 15) is 28.3 Å². The van der Waals surface area contributed by atoms with Gasteiger partial charge in [0, 0.05) is 0 Å². The van der Waals surface area contributed by atoms with Crippen molar-refractivity contribution < 1.29 is 47.6 Å². The van der Waals surface area contributed by atoms with E-state index < -0.39 is 59.3 Å². The first-order valence-electron chi connectivity index (χ1n) is 12.5. The number of hydrogen-bond donors (Lipinski definition) is 6. The molecule has 1 saturated heterocycles. The molecule has 6 N–H and O–H groups in total. The summed E-state index contributed by atoms with van der Waals surface area (Å²) in [5.41, 5.74) is 1.04. The summed E-state index contributed by atoms with van der Waals surface area (Å²) >= 11 is 0. The van der Waals surface area contributed by atoms with Crippen molar-refractivity contribution in [3.8, 4) is 6.01 Å². The number of aliphatic hydroxyl groups is 3. The number of aryl methyl sites for hydroxylation is 1. The average molecular weight is 600 g/mol. The molecule has 0 saturated carbocycles. The van der Waals surface area contributed by atoms with Gasteiger partial charge in [0.15, 0.2) is 27.2 Å². The molecule has 0 spiro atoms. The molecule has 0 bridgehead atoms. The summed E-state index contributed by atoms with van der Waals surface area (Å²) < 4.78 is 48.1. The Morgan fingerprint density at radius 1 is 1.23 bits per heavy atom. The van der Waals surface area contributed by atoms with E-state index in [4.69, 9.17) is 19.3 Å². The van der Waals surface area contributed by atoms with E-state index in [0.29, 0.717) is 11.2 Å². The summed E-state index contributed by atoms with van der Waals surface area (Å²) in [5, 5.41) is 39.0. The predicted molar refractivity (Wildman–Crippen MR) is 140 cm³/mol. The van der Waals surface area contributed by atoms with Gasteiger partial charge < -0.3 is 39.9 Å². The Bertz CT molecular complexity index is 1540. The van der Waals surface area contributed by atoms with Gasteiger partial charge in [-0.25, -0.2) is 13.1 Å². The lowest BCUT2D eigenvalue weighted by Gasteiger charge is -2.18. The Hall–Kier alpha value is -2.69. The number of ether oxygens (including phenoxy) is 2. The Morgan fingerprint density at radius 2 is 1.98 bits per heavy atom. The van der Waals surface area contributed by atoms with Gasteiger partial charge in [0.05, 0.1) is 29.5 Å². The predicted octanol–water partition coefficient (Wildman–Crippen LogP) is -0.146. The smallest absolute Gasteiger partial charge is 0.340 e. The molecule has 1 aliphatic heterocycles. The molecule has 0 amide bonds. The van der Waals surface area contributed by atoms with Crippen molar-refractivity contribution >= 4 is 34.3 Å². The lowest BCUT2D eigenvalue weighted by Crippen LogP contribution is -2.36. The standard InChI is InChI=1S/C23H30N5O10PS/c1-12(29)9-37-23-26-20(25-16-7-6-13-4-2-3-5-14(13)16)15-8-24-28(21(15)27-23)22-19(31)18(30)17(38-22)10-40(35,36)11-39(32,33)34/h2-5,8,12,16-19,22,29-31H,6-7,9-11H2,1H3,(H,25,26,27)(H2,32,33,34)/t12-,16-,17-,18-,19-,22-/m1/s1. The lowest BCUT2D eigenvalue weighted by atomic mass is 10.1. The van der Waals surface area contributed by atoms with Gasteiger partial charge in [-0.2, -0.15) is 15.1 Å². The van der Waals surface area contributed by atoms with Gasteiger partial charge in [0.2, 0.25) is 0 Å². The second kappa shape index (κ2) is 10.9. The van der Waals surface area contributed by atoms with Crippen LogP contribution in [-0.4, -0.2) is 95.5 Å². The highest BCUT2D eigenvalue weighted by Crippen LogP contribution is 2.39. The molecule has 17 heteroatoms. The molecular weight excluding hydrogens is 569 g/mol. The highest BCUT2D eigenvalue weighted by atomic mass is 32.2. The summed E-state index contributed by atoms with van der Waals surface area (Å²) in [6.07, 6.45) is -3.92. The maximum absolute atomic E-state index is 12.3. The fraction of sp³-hybridized carbons (Fsp3) is 0.522. The van der Waals surface area contributed by atoms with E-state index in [1.807, 2.05) is 18.2 Å². The van der Waals surface area contributed by atoms with Crippen molar-refractivity contribution in [1.29, 1.82) is 0 Å². The maximum Gasteiger partial charge on any atom is 0.340 e. The Morgan fingerprint density at radius 3 is 2.70 bits per heavy atom. The highest BCUT2D eigenvalue weighted by molar-refractivity contribution is 7.97. The molecule has 3 heterocycles. The van der Waals surface area contributed by atoms with Crippen LogP contribution in [0.15, 0.2) is 30.5 Å². The molecule has 1 aliphatic carbocycles. The average Bonchev–Trinajstić information content (AvgIpc) is 3.54. The lowest BCUT2D eigenvalue weighted by molar-refractivity contribution is -0.0365. The second-order valence-corrected chi connectivity index (χ2v) is 14.2.